The van der Waals surface area contributed by atoms with Gasteiger partial charge in [-0.25, -0.2) is 13.1 Å². The normalized spacial score (nSPS) is 13.2. The standard InChI is InChI=1S/C12H18N2O5S/c1-9-5-6-11(14(16)17)8-12(9)20(18,19)13-10(2)4-3-7-15/h5-6,8,10,13,15H,3-4,7H2,1-2H3. The Bertz CT molecular complexity index is 586. The van der Waals surface area contributed by atoms with E-state index >= 15 is 0 Å². The molecule has 112 valence electrons. The highest BCUT2D eigenvalue weighted by atomic mass is 32.2. The zero-order valence-corrected chi connectivity index (χ0v) is 12.2. The Kier molecular flexibility index (Phi) is 5.61. The van der Waals surface area contributed by atoms with Crippen molar-refractivity contribution in [2.75, 3.05) is 6.61 Å². The van der Waals surface area contributed by atoms with E-state index in [2.05, 4.69) is 4.72 Å². The fourth-order valence-corrected chi connectivity index (χ4v) is 3.32. The van der Waals surface area contributed by atoms with Crippen LogP contribution in [0, 0.1) is 17.0 Å². The summed E-state index contributed by atoms with van der Waals surface area (Å²) < 4.78 is 26.9. The Morgan fingerprint density at radius 1 is 1.45 bits per heavy atom. The van der Waals surface area contributed by atoms with Crippen molar-refractivity contribution >= 4 is 15.7 Å². The molecule has 1 unspecified atom stereocenters. The molecule has 0 amide bonds. The number of sulfonamides is 1. The van der Waals surface area contributed by atoms with Gasteiger partial charge in [0.2, 0.25) is 10.0 Å². The van der Waals surface area contributed by atoms with Crippen molar-refractivity contribution in [2.24, 2.45) is 0 Å². The molecule has 0 fully saturated rings. The quantitative estimate of drug-likeness (QED) is 0.583. The molecule has 0 radical (unpaired) electrons. The zero-order valence-electron chi connectivity index (χ0n) is 11.4. The van der Waals surface area contributed by atoms with Crippen LogP contribution in [-0.2, 0) is 10.0 Å². The number of aryl methyl sites for hydroxylation is 1. The molecule has 0 aromatic heterocycles. The summed E-state index contributed by atoms with van der Waals surface area (Å²) in [6, 6.07) is 3.37. The summed E-state index contributed by atoms with van der Waals surface area (Å²) in [7, 11) is -3.81. The molecule has 0 saturated heterocycles. The van der Waals surface area contributed by atoms with Crippen LogP contribution in [0.15, 0.2) is 23.1 Å². The van der Waals surface area contributed by atoms with Crippen LogP contribution in [0.5, 0.6) is 0 Å². The molecule has 20 heavy (non-hydrogen) atoms. The number of non-ortho nitro benzene ring substituents is 1. The van der Waals surface area contributed by atoms with Gasteiger partial charge >= 0.3 is 0 Å². The molecule has 2 N–H and O–H groups in total. The predicted molar refractivity (Wildman–Crippen MR) is 73.9 cm³/mol. The van der Waals surface area contributed by atoms with Gasteiger partial charge in [-0.1, -0.05) is 6.07 Å². The van der Waals surface area contributed by atoms with Crippen molar-refractivity contribution < 1.29 is 18.4 Å². The molecule has 7 nitrogen and oxygen atoms in total. The summed E-state index contributed by atoms with van der Waals surface area (Å²) >= 11 is 0. The number of nitrogens with one attached hydrogen (secondary N) is 1. The molecule has 1 rings (SSSR count). The van der Waals surface area contributed by atoms with Crippen LogP contribution in [0.3, 0.4) is 0 Å². The first-order valence-corrected chi connectivity index (χ1v) is 7.64. The van der Waals surface area contributed by atoms with Gasteiger partial charge in [-0.3, -0.25) is 10.1 Å². The van der Waals surface area contributed by atoms with Crippen molar-refractivity contribution in [1.29, 1.82) is 0 Å². The van der Waals surface area contributed by atoms with Gasteiger partial charge in [0.25, 0.3) is 5.69 Å². The van der Waals surface area contributed by atoms with Gasteiger partial charge < -0.3 is 5.11 Å². The molecule has 1 aromatic carbocycles. The third kappa shape index (κ3) is 4.26. The molecule has 1 aromatic rings. The number of rotatable bonds is 7. The highest BCUT2D eigenvalue weighted by Gasteiger charge is 2.22. The molecule has 8 heteroatoms. The highest BCUT2D eigenvalue weighted by Crippen LogP contribution is 2.22. The highest BCUT2D eigenvalue weighted by molar-refractivity contribution is 7.89. The van der Waals surface area contributed by atoms with Gasteiger partial charge in [0.1, 0.15) is 0 Å². The van der Waals surface area contributed by atoms with Gasteiger partial charge in [-0.2, -0.15) is 0 Å². The molecule has 1 atom stereocenters. The minimum absolute atomic E-state index is 0.0120. The summed E-state index contributed by atoms with van der Waals surface area (Å²) in [5.41, 5.74) is 0.177. The molecular formula is C12H18N2O5S. The Labute approximate surface area is 117 Å². The van der Waals surface area contributed by atoms with E-state index < -0.39 is 14.9 Å². The van der Waals surface area contributed by atoms with E-state index in [1.165, 1.54) is 12.1 Å². The summed E-state index contributed by atoms with van der Waals surface area (Å²) in [6.45, 7) is 3.25. The van der Waals surface area contributed by atoms with Crippen LogP contribution >= 0.6 is 0 Å². The lowest BCUT2D eigenvalue weighted by Gasteiger charge is -2.14. The van der Waals surface area contributed by atoms with Crippen LogP contribution in [-0.4, -0.2) is 31.1 Å². The van der Waals surface area contributed by atoms with E-state index in [0.717, 1.165) is 6.07 Å². The Morgan fingerprint density at radius 3 is 2.65 bits per heavy atom. The zero-order chi connectivity index (χ0) is 15.3. The van der Waals surface area contributed by atoms with Crippen LogP contribution < -0.4 is 4.72 Å². The van der Waals surface area contributed by atoms with Gasteiger partial charge in [0.15, 0.2) is 0 Å². The first kappa shape index (κ1) is 16.5. The number of benzene rings is 1. The maximum absolute atomic E-state index is 12.2. The SMILES string of the molecule is Cc1ccc([N+](=O)[O-])cc1S(=O)(=O)NC(C)CCCO. The summed E-state index contributed by atoms with van der Waals surface area (Å²) in [5, 5.41) is 19.4. The fourth-order valence-electron chi connectivity index (χ4n) is 1.78. The van der Waals surface area contributed by atoms with Gasteiger partial charge in [0.05, 0.1) is 9.82 Å². The Morgan fingerprint density at radius 2 is 2.10 bits per heavy atom. The average Bonchev–Trinajstić information content (AvgIpc) is 2.35. The lowest BCUT2D eigenvalue weighted by atomic mass is 10.2. The smallest absolute Gasteiger partial charge is 0.270 e. The maximum Gasteiger partial charge on any atom is 0.270 e. The van der Waals surface area contributed by atoms with Crippen molar-refractivity contribution in [2.45, 2.75) is 37.6 Å². The molecule has 0 heterocycles. The second-order valence-corrected chi connectivity index (χ2v) is 6.28. The third-order valence-corrected chi connectivity index (χ3v) is 4.56. The van der Waals surface area contributed by atoms with Gasteiger partial charge in [0, 0.05) is 24.8 Å². The Balaban J connectivity index is 3.03. The predicted octanol–water partition coefficient (Wildman–Crippen LogP) is 1.34. The second-order valence-electron chi connectivity index (χ2n) is 4.60. The number of nitrogens with zero attached hydrogens (tertiary/aromatic N) is 1. The number of nitro groups is 1. The second kappa shape index (κ2) is 6.78. The number of hydrogen-bond acceptors (Lipinski definition) is 5. The monoisotopic (exact) mass is 302 g/mol. The van der Waals surface area contributed by atoms with E-state index in [1.54, 1.807) is 13.8 Å². The van der Waals surface area contributed by atoms with Crippen LogP contribution in [0.2, 0.25) is 0 Å². The number of hydrogen-bond donors (Lipinski definition) is 2. The van der Waals surface area contributed by atoms with E-state index in [9.17, 15) is 18.5 Å². The van der Waals surface area contributed by atoms with Crippen LogP contribution in [0.4, 0.5) is 5.69 Å². The molecule has 0 aliphatic rings. The summed E-state index contributed by atoms with van der Waals surface area (Å²) in [5.74, 6) is 0. The topological polar surface area (TPSA) is 110 Å². The summed E-state index contributed by atoms with van der Waals surface area (Å²) in [4.78, 5) is 9.99. The number of nitro benzene ring substituents is 1. The van der Waals surface area contributed by atoms with Crippen molar-refractivity contribution in [3.63, 3.8) is 0 Å². The van der Waals surface area contributed by atoms with Gasteiger partial charge in [-0.15, -0.1) is 0 Å². The Hall–Kier alpha value is -1.51. The van der Waals surface area contributed by atoms with Crippen molar-refractivity contribution in [1.82, 2.24) is 4.72 Å². The molecule has 0 saturated carbocycles. The summed E-state index contributed by atoms with van der Waals surface area (Å²) in [6.07, 6.45) is 0.974. The lowest BCUT2D eigenvalue weighted by Crippen LogP contribution is -2.33. The molecule has 0 spiro atoms. The van der Waals surface area contributed by atoms with E-state index in [0.29, 0.717) is 18.4 Å². The first-order valence-electron chi connectivity index (χ1n) is 6.16. The molecule has 0 bridgehead atoms. The lowest BCUT2D eigenvalue weighted by molar-refractivity contribution is -0.385. The van der Waals surface area contributed by atoms with Crippen LogP contribution in [0.1, 0.15) is 25.3 Å². The third-order valence-electron chi connectivity index (χ3n) is 2.82. The molecular weight excluding hydrogens is 284 g/mol. The number of aliphatic hydroxyl groups excluding tert-OH is 1. The van der Waals surface area contributed by atoms with E-state index in [-0.39, 0.29) is 23.2 Å². The van der Waals surface area contributed by atoms with Crippen molar-refractivity contribution in [3.8, 4) is 0 Å². The first-order chi connectivity index (χ1) is 9.27. The number of aliphatic hydroxyl groups is 1. The minimum Gasteiger partial charge on any atom is -0.396 e. The fraction of sp³-hybridized carbons (Fsp3) is 0.500. The largest absolute Gasteiger partial charge is 0.396 e. The maximum atomic E-state index is 12.2. The molecule has 0 aliphatic carbocycles. The average molecular weight is 302 g/mol. The van der Waals surface area contributed by atoms with Gasteiger partial charge in [-0.05, 0) is 32.3 Å². The molecule has 0 aliphatic heterocycles. The minimum atomic E-state index is -3.81. The van der Waals surface area contributed by atoms with Crippen LogP contribution in [0.25, 0.3) is 0 Å². The van der Waals surface area contributed by atoms with E-state index in [1.807, 2.05) is 0 Å². The van der Waals surface area contributed by atoms with E-state index in [4.69, 9.17) is 5.11 Å². The van der Waals surface area contributed by atoms with Crippen molar-refractivity contribution in [3.05, 3.63) is 33.9 Å².